The van der Waals surface area contributed by atoms with E-state index in [0.29, 0.717) is 27.9 Å². The van der Waals surface area contributed by atoms with Gasteiger partial charge in [-0.3, -0.25) is 4.79 Å². The highest BCUT2D eigenvalue weighted by atomic mass is 35.5. The minimum absolute atomic E-state index is 0.141. The van der Waals surface area contributed by atoms with Crippen LogP contribution < -0.4 is 0 Å². The largest absolute Gasteiger partial charge is 0.411 e. The van der Waals surface area contributed by atoms with Crippen molar-refractivity contribution in [2.45, 2.75) is 50.3 Å². The summed E-state index contributed by atoms with van der Waals surface area (Å²) in [7, 11) is 0. The molecule has 0 aliphatic heterocycles. The Morgan fingerprint density at radius 2 is 2.12 bits per heavy atom. The van der Waals surface area contributed by atoms with Gasteiger partial charge in [-0.15, -0.1) is 10.2 Å². The molecule has 1 aliphatic rings. The van der Waals surface area contributed by atoms with Crippen molar-refractivity contribution in [1.82, 2.24) is 15.1 Å². The lowest BCUT2D eigenvalue weighted by atomic mass is 9.94. The summed E-state index contributed by atoms with van der Waals surface area (Å²) in [5.74, 6) is 0.876. The van der Waals surface area contributed by atoms with Crippen LogP contribution in [-0.4, -0.2) is 39.3 Å². The fraction of sp³-hybridized carbons (Fsp3) is 0.500. The first kappa shape index (κ1) is 18.3. The number of amides is 1. The van der Waals surface area contributed by atoms with E-state index in [9.17, 15) is 4.79 Å². The van der Waals surface area contributed by atoms with Gasteiger partial charge in [0.2, 0.25) is 11.8 Å². The van der Waals surface area contributed by atoms with Crippen molar-refractivity contribution in [2.75, 3.05) is 12.3 Å². The number of benzene rings is 1. The average molecular weight is 380 g/mol. The van der Waals surface area contributed by atoms with Crippen LogP contribution in [0.4, 0.5) is 0 Å². The first-order valence-electron chi connectivity index (χ1n) is 8.69. The second-order valence-electron chi connectivity index (χ2n) is 6.14. The first-order valence-corrected chi connectivity index (χ1v) is 10.1. The molecule has 1 aromatic heterocycles. The van der Waals surface area contributed by atoms with Gasteiger partial charge in [0.25, 0.3) is 5.22 Å². The molecule has 1 aliphatic carbocycles. The normalized spacial score (nSPS) is 15.3. The molecular weight excluding hydrogens is 358 g/mol. The van der Waals surface area contributed by atoms with Gasteiger partial charge >= 0.3 is 0 Å². The molecule has 0 atom stereocenters. The van der Waals surface area contributed by atoms with Crippen LogP contribution in [0.15, 0.2) is 33.9 Å². The molecule has 0 saturated heterocycles. The third kappa shape index (κ3) is 4.76. The van der Waals surface area contributed by atoms with Crippen molar-refractivity contribution in [2.24, 2.45) is 0 Å². The maximum absolute atomic E-state index is 12.6. The Kier molecular flexibility index (Phi) is 6.37. The van der Waals surface area contributed by atoms with E-state index in [-0.39, 0.29) is 5.91 Å². The van der Waals surface area contributed by atoms with Gasteiger partial charge in [-0.2, -0.15) is 0 Å². The summed E-state index contributed by atoms with van der Waals surface area (Å²) in [5.41, 5.74) is 0.774. The van der Waals surface area contributed by atoms with E-state index in [1.54, 1.807) is 12.1 Å². The van der Waals surface area contributed by atoms with Crippen molar-refractivity contribution in [1.29, 1.82) is 0 Å². The van der Waals surface area contributed by atoms with Crippen LogP contribution in [0, 0.1) is 0 Å². The lowest BCUT2D eigenvalue weighted by molar-refractivity contribution is -0.131. The number of carbonyl (C=O) groups is 1. The van der Waals surface area contributed by atoms with Gasteiger partial charge in [0.1, 0.15) is 0 Å². The molecule has 1 aromatic carbocycles. The van der Waals surface area contributed by atoms with Crippen LogP contribution in [0.3, 0.4) is 0 Å². The van der Waals surface area contributed by atoms with Gasteiger partial charge in [0.15, 0.2) is 0 Å². The van der Waals surface area contributed by atoms with Crippen molar-refractivity contribution < 1.29 is 9.21 Å². The summed E-state index contributed by atoms with van der Waals surface area (Å²) in [6.07, 6.45) is 5.95. The molecule has 0 unspecified atom stereocenters. The lowest BCUT2D eigenvalue weighted by Crippen LogP contribution is -2.42. The number of rotatable bonds is 6. The van der Waals surface area contributed by atoms with E-state index in [4.69, 9.17) is 16.0 Å². The topological polar surface area (TPSA) is 59.2 Å². The zero-order chi connectivity index (χ0) is 17.6. The molecule has 1 fully saturated rings. The zero-order valence-corrected chi connectivity index (χ0v) is 15.9. The summed E-state index contributed by atoms with van der Waals surface area (Å²) in [5, 5.41) is 9.09. The molecule has 134 valence electrons. The fourth-order valence-electron chi connectivity index (χ4n) is 3.24. The van der Waals surface area contributed by atoms with Gasteiger partial charge in [-0.05, 0) is 38.0 Å². The molecular formula is C18H22ClN3O2S. The van der Waals surface area contributed by atoms with Crippen LogP contribution in [0.25, 0.3) is 11.5 Å². The van der Waals surface area contributed by atoms with Crippen LogP contribution in [0.1, 0.15) is 39.0 Å². The standard InChI is InChI=1S/C18H22ClN3O2S/c1-2-22(15-9-4-3-5-10-15)16(23)12-25-18-21-20-17(24-18)13-7-6-8-14(19)11-13/h6-8,11,15H,2-5,9-10,12H2,1H3. The molecule has 0 N–H and O–H groups in total. The quantitative estimate of drug-likeness (QED) is 0.683. The molecule has 1 amide bonds. The Hall–Kier alpha value is -1.53. The molecule has 2 aromatic rings. The smallest absolute Gasteiger partial charge is 0.277 e. The highest BCUT2D eigenvalue weighted by Gasteiger charge is 2.24. The van der Waals surface area contributed by atoms with Crippen LogP contribution in [0.5, 0.6) is 0 Å². The number of aromatic nitrogens is 2. The Balaban J connectivity index is 1.58. The molecule has 3 rings (SSSR count). The second-order valence-corrected chi connectivity index (χ2v) is 7.51. The third-order valence-electron chi connectivity index (χ3n) is 4.47. The fourth-order valence-corrected chi connectivity index (χ4v) is 4.08. The van der Waals surface area contributed by atoms with E-state index in [1.165, 1.54) is 31.0 Å². The molecule has 5 nitrogen and oxygen atoms in total. The summed E-state index contributed by atoms with van der Waals surface area (Å²) in [6.45, 7) is 2.79. The van der Waals surface area contributed by atoms with E-state index >= 15 is 0 Å². The maximum atomic E-state index is 12.6. The summed E-state index contributed by atoms with van der Waals surface area (Å²) in [4.78, 5) is 14.6. The number of hydrogen-bond donors (Lipinski definition) is 0. The summed E-state index contributed by atoms with van der Waals surface area (Å²) in [6, 6.07) is 7.65. The molecule has 0 radical (unpaired) electrons. The summed E-state index contributed by atoms with van der Waals surface area (Å²) < 4.78 is 5.65. The van der Waals surface area contributed by atoms with Crippen molar-refractivity contribution >= 4 is 29.3 Å². The minimum atomic E-state index is 0.141. The molecule has 7 heteroatoms. The van der Waals surface area contributed by atoms with Gasteiger partial charge < -0.3 is 9.32 Å². The minimum Gasteiger partial charge on any atom is -0.411 e. The summed E-state index contributed by atoms with van der Waals surface area (Å²) >= 11 is 7.28. The molecule has 25 heavy (non-hydrogen) atoms. The van der Waals surface area contributed by atoms with Gasteiger partial charge in [-0.25, -0.2) is 0 Å². The van der Waals surface area contributed by atoms with E-state index < -0.39 is 0 Å². The van der Waals surface area contributed by atoms with Crippen molar-refractivity contribution in [3.8, 4) is 11.5 Å². The monoisotopic (exact) mass is 379 g/mol. The number of carbonyl (C=O) groups excluding carboxylic acids is 1. The third-order valence-corrected chi connectivity index (χ3v) is 5.51. The molecule has 1 saturated carbocycles. The zero-order valence-electron chi connectivity index (χ0n) is 14.3. The highest BCUT2D eigenvalue weighted by Crippen LogP contribution is 2.27. The number of halogens is 1. The molecule has 0 bridgehead atoms. The van der Waals surface area contributed by atoms with Gasteiger partial charge in [-0.1, -0.05) is 48.7 Å². The molecule has 0 spiro atoms. The Bertz CT molecular complexity index is 716. The lowest BCUT2D eigenvalue weighted by Gasteiger charge is -2.33. The van der Waals surface area contributed by atoms with Gasteiger partial charge in [0, 0.05) is 23.2 Å². The predicted molar refractivity (Wildman–Crippen MR) is 99.7 cm³/mol. The Labute approximate surface area is 157 Å². The number of hydrogen-bond acceptors (Lipinski definition) is 5. The average Bonchev–Trinajstić information content (AvgIpc) is 3.11. The number of thioether (sulfide) groups is 1. The molecule has 1 heterocycles. The van der Waals surface area contributed by atoms with Crippen molar-refractivity contribution in [3.63, 3.8) is 0 Å². The Morgan fingerprint density at radius 3 is 2.84 bits per heavy atom. The highest BCUT2D eigenvalue weighted by molar-refractivity contribution is 7.99. The van der Waals surface area contributed by atoms with Crippen molar-refractivity contribution in [3.05, 3.63) is 29.3 Å². The maximum Gasteiger partial charge on any atom is 0.277 e. The number of nitrogens with zero attached hydrogens (tertiary/aromatic N) is 3. The first-order chi connectivity index (χ1) is 12.2. The second kappa shape index (κ2) is 8.72. The van der Waals surface area contributed by atoms with Crippen LogP contribution in [-0.2, 0) is 4.79 Å². The predicted octanol–water partition coefficient (Wildman–Crippen LogP) is 4.66. The van der Waals surface area contributed by atoms with Gasteiger partial charge in [0.05, 0.1) is 5.75 Å². The SMILES string of the molecule is CCN(C(=O)CSc1nnc(-c2cccc(Cl)c2)o1)C1CCCCC1. The van der Waals surface area contributed by atoms with Crippen LogP contribution >= 0.6 is 23.4 Å². The van der Waals surface area contributed by atoms with E-state index in [1.807, 2.05) is 24.0 Å². The van der Waals surface area contributed by atoms with E-state index in [0.717, 1.165) is 24.9 Å². The Morgan fingerprint density at radius 1 is 1.32 bits per heavy atom. The van der Waals surface area contributed by atoms with Crippen LogP contribution in [0.2, 0.25) is 5.02 Å². The van der Waals surface area contributed by atoms with E-state index in [2.05, 4.69) is 10.2 Å².